The summed E-state index contributed by atoms with van der Waals surface area (Å²) in [6, 6.07) is 3.54. The molecular weight excluding hydrogens is 303 g/mol. The molecule has 1 aliphatic heterocycles. The second-order valence-corrected chi connectivity index (χ2v) is 6.02. The van der Waals surface area contributed by atoms with Crippen LogP contribution in [0.15, 0.2) is 18.2 Å². The Bertz CT molecular complexity index is 698. The molecule has 0 saturated carbocycles. The van der Waals surface area contributed by atoms with Gasteiger partial charge >= 0.3 is 6.18 Å². The molecule has 2 N–H and O–H groups in total. The molecule has 112 valence electrons. The minimum Gasteiger partial charge on any atom is -0.369 e. The Morgan fingerprint density at radius 1 is 1.43 bits per heavy atom. The van der Waals surface area contributed by atoms with Crippen molar-refractivity contribution in [3.63, 3.8) is 0 Å². The van der Waals surface area contributed by atoms with Crippen LogP contribution in [-0.2, 0) is 11.0 Å². The van der Waals surface area contributed by atoms with Gasteiger partial charge in [0.25, 0.3) is 0 Å². The lowest BCUT2D eigenvalue weighted by Gasteiger charge is -2.13. The van der Waals surface area contributed by atoms with Gasteiger partial charge in [0, 0.05) is 13.1 Å². The minimum atomic E-state index is -4.37. The minimum absolute atomic E-state index is 0.220. The predicted molar refractivity (Wildman–Crippen MR) is 74.1 cm³/mol. The van der Waals surface area contributed by atoms with Gasteiger partial charge in [-0.3, -0.25) is 4.79 Å². The molecule has 0 aliphatic carbocycles. The van der Waals surface area contributed by atoms with Gasteiger partial charge < -0.3 is 10.6 Å². The molecule has 1 aromatic carbocycles. The zero-order valence-corrected chi connectivity index (χ0v) is 11.7. The third-order valence-electron chi connectivity index (χ3n) is 3.56. The van der Waals surface area contributed by atoms with Crippen LogP contribution in [0.4, 0.5) is 18.3 Å². The molecule has 2 aromatic rings. The lowest BCUT2D eigenvalue weighted by atomic mass is 10.1. The zero-order chi connectivity index (χ0) is 15.2. The Hall–Kier alpha value is -1.83. The number of thiazole rings is 1. The van der Waals surface area contributed by atoms with E-state index in [1.165, 1.54) is 17.4 Å². The highest BCUT2D eigenvalue weighted by molar-refractivity contribution is 7.22. The molecule has 0 spiro atoms. The fourth-order valence-corrected chi connectivity index (χ4v) is 3.37. The van der Waals surface area contributed by atoms with E-state index in [1.807, 2.05) is 4.90 Å². The van der Waals surface area contributed by atoms with Crippen LogP contribution < -0.4 is 10.6 Å². The van der Waals surface area contributed by atoms with Crippen LogP contribution in [0.5, 0.6) is 0 Å². The maximum absolute atomic E-state index is 12.7. The lowest BCUT2D eigenvalue weighted by Crippen LogP contribution is -2.27. The van der Waals surface area contributed by atoms with Crippen molar-refractivity contribution in [2.75, 3.05) is 18.0 Å². The van der Waals surface area contributed by atoms with E-state index in [-0.39, 0.29) is 11.8 Å². The van der Waals surface area contributed by atoms with Crippen LogP contribution in [0.25, 0.3) is 10.2 Å². The number of amides is 1. The van der Waals surface area contributed by atoms with Gasteiger partial charge in [-0.25, -0.2) is 4.98 Å². The molecule has 0 unspecified atom stereocenters. The van der Waals surface area contributed by atoms with Gasteiger partial charge in [-0.05, 0) is 24.6 Å². The average Bonchev–Trinajstić information content (AvgIpc) is 3.03. The first-order valence-electron chi connectivity index (χ1n) is 6.36. The van der Waals surface area contributed by atoms with Gasteiger partial charge in [-0.2, -0.15) is 13.2 Å². The van der Waals surface area contributed by atoms with Crippen LogP contribution in [-0.4, -0.2) is 24.0 Å². The van der Waals surface area contributed by atoms with E-state index in [2.05, 4.69) is 4.98 Å². The number of fused-ring (bicyclic) bond motifs is 1. The van der Waals surface area contributed by atoms with Crippen LogP contribution >= 0.6 is 11.3 Å². The smallest absolute Gasteiger partial charge is 0.369 e. The van der Waals surface area contributed by atoms with E-state index >= 15 is 0 Å². The number of halogens is 3. The van der Waals surface area contributed by atoms with Gasteiger partial charge in [0.1, 0.15) is 0 Å². The number of aromatic nitrogens is 1. The Morgan fingerprint density at radius 2 is 2.19 bits per heavy atom. The molecule has 1 aliphatic rings. The van der Waals surface area contributed by atoms with Gasteiger partial charge in [0.15, 0.2) is 5.13 Å². The summed E-state index contributed by atoms with van der Waals surface area (Å²) in [6.45, 7) is 1.11. The largest absolute Gasteiger partial charge is 0.416 e. The highest BCUT2D eigenvalue weighted by Gasteiger charge is 2.32. The monoisotopic (exact) mass is 315 g/mol. The van der Waals surface area contributed by atoms with Crippen LogP contribution in [0.1, 0.15) is 12.0 Å². The summed E-state index contributed by atoms with van der Waals surface area (Å²) in [5.74, 6) is -0.569. The first-order chi connectivity index (χ1) is 9.84. The topological polar surface area (TPSA) is 59.2 Å². The van der Waals surface area contributed by atoms with E-state index < -0.39 is 11.7 Å². The molecular formula is C13H12F3N3OS. The number of hydrogen-bond donors (Lipinski definition) is 1. The summed E-state index contributed by atoms with van der Waals surface area (Å²) >= 11 is 1.32. The fraction of sp³-hybridized carbons (Fsp3) is 0.385. The molecule has 3 rings (SSSR count). The summed E-state index contributed by atoms with van der Waals surface area (Å²) in [4.78, 5) is 17.3. The van der Waals surface area contributed by atoms with Gasteiger partial charge in [0.2, 0.25) is 5.91 Å². The number of alkyl halides is 3. The molecule has 2 heterocycles. The molecule has 1 saturated heterocycles. The standard InChI is InChI=1S/C13H12F3N3OS/c14-13(15,16)8-1-2-10-9(5-8)18-12(21-10)19-4-3-7(6-19)11(17)20/h1-2,5,7H,3-4,6H2,(H2,17,20)/t7-/m0/s1. The maximum Gasteiger partial charge on any atom is 0.416 e. The SMILES string of the molecule is NC(=O)[C@H]1CCN(c2nc3cc(C(F)(F)F)ccc3s2)C1. The number of primary amides is 1. The molecule has 0 radical (unpaired) electrons. The second kappa shape index (κ2) is 4.87. The Balaban J connectivity index is 1.90. The van der Waals surface area contributed by atoms with E-state index in [9.17, 15) is 18.0 Å². The van der Waals surface area contributed by atoms with Gasteiger partial charge in [-0.15, -0.1) is 0 Å². The predicted octanol–water partition coefficient (Wildman–Crippen LogP) is 2.63. The van der Waals surface area contributed by atoms with E-state index in [0.717, 1.165) is 12.1 Å². The van der Waals surface area contributed by atoms with E-state index in [1.54, 1.807) is 0 Å². The number of nitrogens with two attached hydrogens (primary N) is 1. The molecule has 1 amide bonds. The Morgan fingerprint density at radius 3 is 2.81 bits per heavy atom. The van der Waals surface area contributed by atoms with Crippen LogP contribution in [0.3, 0.4) is 0 Å². The van der Waals surface area contributed by atoms with Crippen molar-refractivity contribution in [3.05, 3.63) is 23.8 Å². The summed E-state index contributed by atoms with van der Waals surface area (Å²) in [5.41, 5.74) is 4.89. The summed E-state index contributed by atoms with van der Waals surface area (Å²) in [6.07, 6.45) is -3.72. The maximum atomic E-state index is 12.7. The van der Waals surface area contributed by atoms with Crippen molar-refractivity contribution >= 4 is 32.6 Å². The molecule has 4 nitrogen and oxygen atoms in total. The quantitative estimate of drug-likeness (QED) is 0.927. The Kier molecular flexibility index (Phi) is 3.27. The lowest BCUT2D eigenvalue weighted by molar-refractivity contribution is -0.137. The molecule has 0 bridgehead atoms. The molecule has 8 heteroatoms. The number of hydrogen-bond acceptors (Lipinski definition) is 4. The first-order valence-corrected chi connectivity index (χ1v) is 7.18. The molecule has 1 fully saturated rings. The van der Waals surface area contributed by atoms with Crippen molar-refractivity contribution in [1.82, 2.24) is 4.98 Å². The van der Waals surface area contributed by atoms with Crippen LogP contribution in [0, 0.1) is 5.92 Å². The third kappa shape index (κ3) is 2.67. The molecule has 21 heavy (non-hydrogen) atoms. The van der Waals surface area contributed by atoms with E-state index in [0.29, 0.717) is 34.9 Å². The van der Waals surface area contributed by atoms with Crippen molar-refractivity contribution in [2.45, 2.75) is 12.6 Å². The number of nitrogens with zero attached hydrogens (tertiary/aromatic N) is 2. The molecule has 1 atom stereocenters. The first kappa shape index (κ1) is 14.1. The summed E-state index contributed by atoms with van der Waals surface area (Å²) < 4.78 is 38.7. The Labute approximate surface area is 122 Å². The van der Waals surface area contributed by atoms with Crippen molar-refractivity contribution in [3.8, 4) is 0 Å². The van der Waals surface area contributed by atoms with E-state index in [4.69, 9.17) is 5.73 Å². The van der Waals surface area contributed by atoms with Gasteiger partial charge in [0.05, 0.1) is 21.7 Å². The number of benzene rings is 1. The highest BCUT2D eigenvalue weighted by Crippen LogP contribution is 2.36. The third-order valence-corrected chi connectivity index (χ3v) is 4.66. The summed E-state index contributed by atoms with van der Waals surface area (Å²) in [7, 11) is 0. The fourth-order valence-electron chi connectivity index (χ4n) is 2.39. The zero-order valence-electron chi connectivity index (χ0n) is 10.9. The summed E-state index contributed by atoms with van der Waals surface area (Å²) in [5, 5.41) is 0.632. The highest BCUT2D eigenvalue weighted by atomic mass is 32.1. The van der Waals surface area contributed by atoms with Crippen molar-refractivity contribution in [1.29, 1.82) is 0 Å². The number of anilines is 1. The van der Waals surface area contributed by atoms with Crippen molar-refractivity contribution < 1.29 is 18.0 Å². The number of rotatable bonds is 2. The number of carbonyl (C=O) groups excluding carboxylic acids is 1. The second-order valence-electron chi connectivity index (χ2n) is 5.01. The average molecular weight is 315 g/mol. The van der Waals surface area contributed by atoms with Crippen molar-refractivity contribution in [2.24, 2.45) is 11.7 Å². The van der Waals surface area contributed by atoms with Crippen LogP contribution in [0.2, 0.25) is 0 Å². The normalized spacial score (nSPS) is 19.4. The van der Waals surface area contributed by atoms with Gasteiger partial charge in [-0.1, -0.05) is 11.3 Å². The number of carbonyl (C=O) groups is 1. The molecule has 1 aromatic heterocycles.